The average molecular weight is 447 g/mol. The predicted octanol–water partition coefficient (Wildman–Crippen LogP) is 2.27. The van der Waals surface area contributed by atoms with Crippen LogP contribution in [0.25, 0.3) is 11.2 Å². The minimum Gasteiger partial charge on any atom is -0.453 e. The molecule has 0 radical (unpaired) electrons. The van der Waals surface area contributed by atoms with Crippen LogP contribution in [0.3, 0.4) is 0 Å². The van der Waals surface area contributed by atoms with E-state index in [-0.39, 0.29) is 24.7 Å². The van der Waals surface area contributed by atoms with Crippen molar-refractivity contribution in [2.24, 2.45) is 5.92 Å². The summed E-state index contributed by atoms with van der Waals surface area (Å²) in [6, 6.07) is 0. The third kappa shape index (κ3) is 5.14. The summed E-state index contributed by atoms with van der Waals surface area (Å²) < 4.78 is 14.0. The Hall–Kier alpha value is -3.24. The number of hydrogen-bond donors (Lipinski definition) is 1. The molecule has 3 aromatic heterocycles. The monoisotopic (exact) mass is 446 g/mol. The summed E-state index contributed by atoms with van der Waals surface area (Å²) in [5, 5.41) is 7.60. The molecule has 0 amide bonds. The van der Waals surface area contributed by atoms with Gasteiger partial charge >= 0.3 is 11.7 Å². The highest BCUT2D eigenvalue weighted by atomic mass is 16.6. The molecule has 3 aromatic rings. The van der Waals surface area contributed by atoms with Crippen LogP contribution in [0.2, 0.25) is 0 Å². The Balaban J connectivity index is 1.87. The maximum Gasteiger partial charge on any atom is 0.330 e. The van der Waals surface area contributed by atoms with Gasteiger partial charge in [0, 0.05) is 26.4 Å². The second-order valence-corrected chi connectivity index (χ2v) is 8.26. The van der Waals surface area contributed by atoms with Gasteiger partial charge in [-0.2, -0.15) is 0 Å². The van der Waals surface area contributed by atoms with Crippen molar-refractivity contribution in [1.82, 2.24) is 29.3 Å². The molecule has 1 atom stereocenters. The van der Waals surface area contributed by atoms with Crippen LogP contribution in [0.15, 0.2) is 14.0 Å². The average Bonchev–Trinajstić information content (AvgIpc) is 3.30. The number of hydrogen-bond acceptors (Lipinski definition) is 8. The number of carbonyl (C=O) groups is 1. The van der Waals surface area contributed by atoms with Gasteiger partial charge in [-0.25, -0.2) is 9.78 Å². The summed E-state index contributed by atoms with van der Waals surface area (Å²) in [6.07, 6.45) is 1.33. The number of aryl methyl sites for hydroxylation is 3. The normalized spacial score (nSPS) is 12.6. The van der Waals surface area contributed by atoms with E-state index in [2.05, 4.69) is 20.2 Å². The Kier molecular flexibility index (Phi) is 7.26. The zero-order valence-corrected chi connectivity index (χ0v) is 19.2. The highest BCUT2D eigenvalue weighted by Gasteiger charge is 2.21. The lowest BCUT2D eigenvalue weighted by Gasteiger charge is -2.12. The van der Waals surface area contributed by atoms with Crippen molar-refractivity contribution in [3.05, 3.63) is 38.4 Å². The van der Waals surface area contributed by atoms with Gasteiger partial charge in [-0.15, -0.1) is 10.2 Å². The van der Waals surface area contributed by atoms with Gasteiger partial charge in [0.25, 0.3) is 11.4 Å². The van der Waals surface area contributed by atoms with Gasteiger partial charge in [-0.05, 0) is 19.3 Å². The molecule has 0 aliphatic carbocycles. The Bertz CT molecular complexity index is 1200. The molecular formula is C21H30N6O5. The molecule has 1 unspecified atom stereocenters. The second kappa shape index (κ2) is 9.92. The number of carbonyl (C=O) groups excluding carboxylic acids is 1. The summed E-state index contributed by atoms with van der Waals surface area (Å²) in [4.78, 5) is 44.5. The van der Waals surface area contributed by atoms with E-state index in [4.69, 9.17) is 9.15 Å². The zero-order chi connectivity index (χ0) is 23.4. The van der Waals surface area contributed by atoms with E-state index in [0.29, 0.717) is 36.0 Å². The van der Waals surface area contributed by atoms with Crippen molar-refractivity contribution in [2.75, 3.05) is 0 Å². The zero-order valence-electron chi connectivity index (χ0n) is 19.2. The second-order valence-electron chi connectivity index (χ2n) is 8.26. The van der Waals surface area contributed by atoms with E-state index in [1.54, 1.807) is 18.4 Å². The predicted molar refractivity (Wildman–Crippen MR) is 116 cm³/mol. The third-order valence-electron chi connectivity index (χ3n) is 5.00. The summed E-state index contributed by atoms with van der Waals surface area (Å²) >= 11 is 0. The molecule has 11 heteroatoms. The van der Waals surface area contributed by atoms with Crippen LogP contribution >= 0.6 is 0 Å². The van der Waals surface area contributed by atoms with E-state index in [1.165, 1.54) is 4.57 Å². The molecule has 0 aliphatic rings. The van der Waals surface area contributed by atoms with Gasteiger partial charge in [-0.3, -0.25) is 19.1 Å². The van der Waals surface area contributed by atoms with Gasteiger partial charge in [0.05, 0.1) is 6.42 Å². The Morgan fingerprint density at radius 3 is 2.56 bits per heavy atom. The van der Waals surface area contributed by atoms with E-state index in [1.807, 2.05) is 20.8 Å². The highest BCUT2D eigenvalue weighted by molar-refractivity contribution is 5.72. The molecule has 0 fully saturated rings. The van der Waals surface area contributed by atoms with Crippen LogP contribution in [0.1, 0.15) is 70.7 Å². The number of esters is 1. The molecule has 0 aliphatic heterocycles. The van der Waals surface area contributed by atoms with Crippen LogP contribution in [-0.2, 0) is 29.0 Å². The Morgan fingerprint density at radius 1 is 1.19 bits per heavy atom. The van der Waals surface area contributed by atoms with Crippen molar-refractivity contribution in [3.8, 4) is 0 Å². The number of imidazole rings is 1. The number of aromatic amines is 1. The van der Waals surface area contributed by atoms with E-state index in [9.17, 15) is 14.4 Å². The standard InChI is InChI=1S/C21H30N6O5/c1-6-7-10-26-18-17(19(29)23-21(26)30)27(11-12(2)3)15(22-18)8-9-16(28)31-13(4)20-25-24-14(5)32-20/h12-13H,6-11H2,1-5H3,(H,23,29,30). The molecular weight excluding hydrogens is 416 g/mol. The molecule has 174 valence electrons. The quantitative estimate of drug-likeness (QED) is 0.468. The number of fused-ring (bicyclic) bond motifs is 1. The van der Waals surface area contributed by atoms with Crippen LogP contribution in [0.4, 0.5) is 0 Å². The molecule has 3 heterocycles. The third-order valence-corrected chi connectivity index (χ3v) is 5.00. The number of nitrogens with one attached hydrogen (secondary N) is 1. The highest BCUT2D eigenvalue weighted by Crippen LogP contribution is 2.18. The number of unbranched alkanes of at least 4 members (excludes halogenated alkanes) is 1. The molecule has 0 spiro atoms. The Morgan fingerprint density at radius 2 is 1.94 bits per heavy atom. The molecule has 0 bridgehead atoms. The van der Waals surface area contributed by atoms with Crippen molar-refractivity contribution in [3.63, 3.8) is 0 Å². The van der Waals surface area contributed by atoms with Crippen LogP contribution in [-0.4, -0.2) is 35.3 Å². The topological polar surface area (TPSA) is 138 Å². The van der Waals surface area contributed by atoms with Gasteiger partial charge in [0.2, 0.25) is 5.89 Å². The first-order valence-electron chi connectivity index (χ1n) is 10.9. The summed E-state index contributed by atoms with van der Waals surface area (Å²) in [7, 11) is 0. The van der Waals surface area contributed by atoms with Crippen molar-refractivity contribution < 1.29 is 13.9 Å². The van der Waals surface area contributed by atoms with Crippen LogP contribution in [0.5, 0.6) is 0 Å². The summed E-state index contributed by atoms with van der Waals surface area (Å²) in [6.45, 7) is 10.4. The van der Waals surface area contributed by atoms with E-state index >= 15 is 0 Å². The van der Waals surface area contributed by atoms with Crippen LogP contribution in [0, 0.1) is 12.8 Å². The molecule has 32 heavy (non-hydrogen) atoms. The van der Waals surface area contributed by atoms with Crippen LogP contribution < -0.4 is 11.2 Å². The maximum absolute atomic E-state index is 12.6. The summed E-state index contributed by atoms with van der Waals surface area (Å²) in [5.74, 6) is 0.968. The fraction of sp³-hybridized carbons (Fsp3) is 0.619. The molecule has 3 rings (SSSR count). The van der Waals surface area contributed by atoms with Gasteiger partial charge in [0.1, 0.15) is 5.82 Å². The lowest BCUT2D eigenvalue weighted by molar-refractivity contribution is -0.149. The minimum absolute atomic E-state index is 0.0516. The van der Waals surface area contributed by atoms with E-state index < -0.39 is 23.3 Å². The minimum atomic E-state index is -0.666. The van der Waals surface area contributed by atoms with Gasteiger partial charge < -0.3 is 13.7 Å². The van der Waals surface area contributed by atoms with Gasteiger partial charge in [0.15, 0.2) is 17.3 Å². The Labute approximate surface area is 184 Å². The van der Waals surface area contributed by atoms with Crippen molar-refractivity contribution >= 4 is 17.1 Å². The lowest BCUT2D eigenvalue weighted by atomic mass is 10.2. The van der Waals surface area contributed by atoms with Gasteiger partial charge in [-0.1, -0.05) is 27.2 Å². The molecule has 0 aromatic carbocycles. The first kappa shape index (κ1) is 23.4. The first-order valence-corrected chi connectivity index (χ1v) is 10.9. The largest absolute Gasteiger partial charge is 0.453 e. The SMILES string of the molecule is CCCCn1c(=O)[nH]c(=O)c2c1nc(CCC(=O)OC(C)c1nnc(C)o1)n2CC(C)C. The smallest absolute Gasteiger partial charge is 0.330 e. The molecule has 11 nitrogen and oxygen atoms in total. The maximum atomic E-state index is 12.6. The lowest BCUT2D eigenvalue weighted by Crippen LogP contribution is -2.31. The molecule has 0 saturated carbocycles. The number of rotatable bonds is 10. The molecule has 1 N–H and O–H groups in total. The fourth-order valence-electron chi connectivity index (χ4n) is 3.49. The number of H-pyrrole nitrogens is 1. The van der Waals surface area contributed by atoms with Crippen molar-refractivity contribution in [2.45, 2.75) is 79.5 Å². The summed E-state index contributed by atoms with van der Waals surface area (Å²) in [5.41, 5.74) is -0.238. The molecule has 0 saturated heterocycles. The van der Waals surface area contributed by atoms with E-state index in [0.717, 1.165) is 12.8 Å². The number of ether oxygens (including phenoxy) is 1. The first-order chi connectivity index (χ1) is 15.2. The van der Waals surface area contributed by atoms with Crippen molar-refractivity contribution in [1.29, 1.82) is 0 Å². The number of nitrogens with zero attached hydrogens (tertiary/aromatic N) is 5. The fourth-order valence-corrected chi connectivity index (χ4v) is 3.49. The number of aromatic nitrogens is 6.